The summed E-state index contributed by atoms with van der Waals surface area (Å²) in [6.07, 6.45) is 4.23. The van der Waals surface area contributed by atoms with Crippen LogP contribution in [0, 0.1) is 0 Å². The van der Waals surface area contributed by atoms with Gasteiger partial charge in [-0.15, -0.1) is 0 Å². The third kappa shape index (κ3) is 1.23. The maximum atomic E-state index is 10.7. The van der Waals surface area contributed by atoms with E-state index in [4.69, 9.17) is 0 Å². The highest BCUT2D eigenvalue weighted by Gasteiger charge is 2.04. The molecule has 0 saturated heterocycles. The minimum atomic E-state index is 0.635. The third-order valence-electron chi connectivity index (χ3n) is 2.18. The molecule has 2 aromatic rings. The fourth-order valence-electron chi connectivity index (χ4n) is 1.35. The lowest BCUT2D eigenvalue weighted by atomic mass is 10.1. The maximum absolute atomic E-state index is 10.7. The summed E-state index contributed by atoms with van der Waals surface area (Å²) in [5, 5.41) is 0.848. The second kappa shape index (κ2) is 3.10. The lowest BCUT2D eigenvalue weighted by Gasteiger charge is -1.98. The molecule has 0 saturated carbocycles. The molecule has 70 valence electrons. The van der Waals surface area contributed by atoms with E-state index in [0.29, 0.717) is 5.56 Å². The summed E-state index contributed by atoms with van der Waals surface area (Å²) < 4.78 is 0. The Morgan fingerprint density at radius 2 is 2.43 bits per heavy atom. The zero-order valence-electron chi connectivity index (χ0n) is 7.87. The Labute approximate surface area is 81.5 Å². The topological polar surface area (TPSA) is 45.8 Å². The van der Waals surface area contributed by atoms with Gasteiger partial charge in [-0.2, -0.15) is 0 Å². The number of allylic oxidation sites excluding steroid dienone is 1. The van der Waals surface area contributed by atoms with Gasteiger partial charge in [0.15, 0.2) is 6.29 Å². The molecule has 0 fully saturated rings. The molecule has 0 aliphatic rings. The Balaban J connectivity index is 2.73. The van der Waals surface area contributed by atoms with Gasteiger partial charge >= 0.3 is 0 Å². The van der Waals surface area contributed by atoms with Crippen LogP contribution in [-0.4, -0.2) is 16.3 Å². The first-order valence-corrected chi connectivity index (χ1v) is 4.30. The number of nitrogens with zero attached hydrogens (tertiary/aromatic N) is 1. The highest BCUT2D eigenvalue weighted by atomic mass is 16.1. The van der Waals surface area contributed by atoms with Crippen molar-refractivity contribution >= 4 is 22.9 Å². The number of carbonyl (C=O) groups excluding carboxylic acids is 1. The zero-order valence-corrected chi connectivity index (χ0v) is 7.87. The molecule has 2 heterocycles. The van der Waals surface area contributed by atoms with E-state index in [0.717, 1.165) is 28.5 Å². The van der Waals surface area contributed by atoms with Gasteiger partial charge in [0.25, 0.3) is 0 Å². The SMILES string of the molecule is C=C(C)c1cnc2[nH]cc(C=O)c2c1. The predicted molar refractivity (Wildman–Crippen MR) is 56.2 cm³/mol. The Morgan fingerprint density at radius 3 is 3.07 bits per heavy atom. The number of hydrogen-bond acceptors (Lipinski definition) is 2. The van der Waals surface area contributed by atoms with E-state index in [1.165, 1.54) is 0 Å². The van der Waals surface area contributed by atoms with Crippen molar-refractivity contribution in [3.8, 4) is 0 Å². The Bertz CT molecular complexity index is 511. The molecule has 2 rings (SSSR count). The van der Waals surface area contributed by atoms with Crippen molar-refractivity contribution in [2.45, 2.75) is 6.92 Å². The van der Waals surface area contributed by atoms with E-state index in [1.807, 2.05) is 13.0 Å². The van der Waals surface area contributed by atoms with Crippen molar-refractivity contribution < 1.29 is 4.79 Å². The van der Waals surface area contributed by atoms with Gasteiger partial charge in [0.05, 0.1) is 0 Å². The van der Waals surface area contributed by atoms with Crippen molar-refractivity contribution in [2.75, 3.05) is 0 Å². The van der Waals surface area contributed by atoms with E-state index < -0.39 is 0 Å². The lowest BCUT2D eigenvalue weighted by Crippen LogP contribution is -1.83. The second-order valence-corrected chi connectivity index (χ2v) is 3.26. The summed E-state index contributed by atoms with van der Waals surface area (Å²) in [7, 11) is 0. The van der Waals surface area contributed by atoms with Crippen molar-refractivity contribution in [1.29, 1.82) is 0 Å². The number of nitrogens with one attached hydrogen (secondary N) is 1. The van der Waals surface area contributed by atoms with Gasteiger partial charge in [-0.1, -0.05) is 6.58 Å². The quantitative estimate of drug-likeness (QED) is 0.732. The van der Waals surface area contributed by atoms with Gasteiger partial charge in [-0.25, -0.2) is 4.98 Å². The van der Waals surface area contributed by atoms with Gasteiger partial charge in [0, 0.05) is 23.3 Å². The largest absolute Gasteiger partial charge is 0.345 e. The number of H-pyrrole nitrogens is 1. The number of carbonyl (C=O) groups is 1. The standard InChI is InChI=1S/C11H10N2O/c1-7(2)8-3-10-9(6-14)5-13-11(10)12-4-8/h3-6H,1H2,2H3,(H,12,13). The van der Waals surface area contributed by atoms with Crippen LogP contribution < -0.4 is 0 Å². The number of aromatic nitrogens is 2. The van der Waals surface area contributed by atoms with E-state index in [-0.39, 0.29) is 0 Å². The molecule has 1 N–H and O–H groups in total. The van der Waals surface area contributed by atoms with E-state index >= 15 is 0 Å². The monoisotopic (exact) mass is 186 g/mol. The predicted octanol–water partition coefficient (Wildman–Crippen LogP) is 2.41. The summed E-state index contributed by atoms with van der Waals surface area (Å²) in [5.41, 5.74) is 3.27. The summed E-state index contributed by atoms with van der Waals surface area (Å²) in [6, 6.07) is 1.92. The van der Waals surface area contributed by atoms with Crippen LogP contribution in [0.25, 0.3) is 16.6 Å². The molecule has 0 aliphatic carbocycles. The summed E-state index contributed by atoms with van der Waals surface area (Å²) in [5.74, 6) is 0. The first kappa shape index (κ1) is 8.69. The number of aromatic amines is 1. The molecule has 0 bridgehead atoms. The van der Waals surface area contributed by atoms with Crippen molar-refractivity contribution in [2.24, 2.45) is 0 Å². The van der Waals surface area contributed by atoms with Gasteiger partial charge in [0.2, 0.25) is 0 Å². The highest BCUT2D eigenvalue weighted by Crippen LogP contribution is 2.19. The molecule has 0 aromatic carbocycles. The van der Waals surface area contributed by atoms with Gasteiger partial charge < -0.3 is 4.98 Å². The van der Waals surface area contributed by atoms with Gasteiger partial charge in [0.1, 0.15) is 5.65 Å². The maximum Gasteiger partial charge on any atom is 0.152 e. The summed E-state index contributed by atoms with van der Waals surface area (Å²) >= 11 is 0. The average Bonchev–Trinajstić information content (AvgIpc) is 2.59. The van der Waals surface area contributed by atoms with Crippen LogP contribution in [0.1, 0.15) is 22.8 Å². The Morgan fingerprint density at radius 1 is 1.64 bits per heavy atom. The van der Waals surface area contributed by atoms with Crippen LogP contribution in [0.15, 0.2) is 25.0 Å². The van der Waals surface area contributed by atoms with Crippen LogP contribution in [0.4, 0.5) is 0 Å². The molecule has 3 nitrogen and oxygen atoms in total. The average molecular weight is 186 g/mol. The number of fused-ring (bicyclic) bond motifs is 1. The Kier molecular flexibility index (Phi) is 1.93. The molecule has 0 spiro atoms. The molecule has 2 aromatic heterocycles. The number of aldehydes is 1. The molecule has 0 aliphatic heterocycles. The smallest absolute Gasteiger partial charge is 0.152 e. The fraction of sp³-hybridized carbons (Fsp3) is 0.0909. The normalized spacial score (nSPS) is 10.4. The number of rotatable bonds is 2. The molecule has 0 amide bonds. The van der Waals surface area contributed by atoms with Crippen LogP contribution >= 0.6 is 0 Å². The van der Waals surface area contributed by atoms with Crippen molar-refractivity contribution in [3.63, 3.8) is 0 Å². The highest BCUT2D eigenvalue weighted by molar-refractivity contribution is 5.96. The first-order valence-electron chi connectivity index (χ1n) is 4.30. The fourth-order valence-corrected chi connectivity index (χ4v) is 1.35. The minimum Gasteiger partial charge on any atom is -0.345 e. The van der Waals surface area contributed by atoms with E-state index in [2.05, 4.69) is 16.5 Å². The zero-order chi connectivity index (χ0) is 10.1. The van der Waals surface area contributed by atoms with Crippen LogP contribution in [0.5, 0.6) is 0 Å². The van der Waals surface area contributed by atoms with Crippen LogP contribution in [-0.2, 0) is 0 Å². The number of pyridine rings is 1. The van der Waals surface area contributed by atoms with Crippen LogP contribution in [0.3, 0.4) is 0 Å². The molecule has 3 heteroatoms. The molecule has 14 heavy (non-hydrogen) atoms. The van der Waals surface area contributed by atoms with Gasteiger partial charge in [-0.3, -0.25) is 4.79 Å². The summed E-state index contributed by atoms with van der Waals surface area (Å²) in [6.45, 7) is 5.75. The second-order valence-electron chi connectivity index (χ2n) is 3.26. The minimum absolute atomic E-state index is 0.635. The Hall–Kier alpha value is -1.90. The van der Waals surface area contributed by atoms with E-state index in [1.54, 1.807) is 12.4 Å². The van der Waals surface area contributed by atoms with Crippen molar-refractivity contribution in [1.82, 2.24) is 9.97 Å². The number of hydrogen-bond donors (Lipinski definition) is 1. The first-order chi connectivity index (χ1) is 6.72. The van der Waals surface area contributed by atoms with Gasteiger partial charge in [-0.05, 0) is 24.1 Å². The van der Waals surface area contributed by atoms with E-state index in [9.17, 15) is 4.79 Å². The summed E-state index contributed by atoms with van der Waals surface area (Å²) in [4.78, 5) is 17.8. The van der Waals surface area contributed by atoms with Crippen LogP contribution in [0.2, 0.25) is 0 Å². The molecular weight excluding hydrogens is 176 g/mol. The molecular formula is C11H10N2O. The molecule has 0 unspecified atom stereocenters. The van der Waals surface area contributed by atoms with Crippen molar-refractivity contribution in [3.05, 3.63) is 36.2 Å². The molecule has 0 atom stereocenters. The third-order valence-corrected chi connectivity index (χ3v) is 2.18. The lowest BCUT2D eigenvalue weighted by molar-refractivity contribution is 0.112. The molecule has 0 radical (unpaired) electrons.